The van der Waals surface area contributed by atoms with Gasteiger partial charge in [0.1, 0.15) is 5.75 Å². The molecule has 114 valence electrons. The van der Waals surface area contributed by atoms with E-state index in [9.17, 15) is 4.79 Å². The zero-order valence-corrected chi connectivity index (χ0v) is 14.4. The van der Waals surface area contributed by atoms with Crippen LogP contribution in [0.2, 0.25) is 5.02 Å². The summed E-state index contributed by atoms with van der Waals surface area (Å²) in [4.78, 5) is 14.3. The molecule has 0 bridgehead atoms. The van der Waals surface area contributed by atoms with Crippen molar-refractivity contribution in [3.63, 3.8) is 0 Å². The van der Waals surface area contributed by atoms with Crippen LogP contribution in [-0.4, -0.2) is 18.6 Å². The fraction of sp³-hybridized carbons (Fsp3) is 0.235. The number of hydrogen-bond acceptors (Lipinski definition) is 2. The first-order chi connectivity index (χ1) is 10.5. The quantitative estimate of drug-likeness (QED) is 0.787. The van der Waals surface area contributed by atoms with Gasteiger partial charge in [-0.15, -0.1) is 0 Å². The molecule has 22 heavy (non-hydrogen) atoms. The molecule has 5 heteroatoms. The first-order valence-corrected chi connectivity index (χ1v) is 8.20. The second-order valence-corrected chi connectivity index (χ2v) is 6.68. The Morgan fingerprint density at radius 3 is 2.77 bits per heavy atom. The Bertz CT molecular complexity index is 702. The molecule has 0 radical (unpaired) electrons. The molecule has 2 aromatic rings. The van der Waals surface area contributed by atoms with E-state index < -0.39 is 0 Å². The normalized spacial score (nSPS) is 16.5. The van der Waals surface area contributed by atoms with Gasteiger partial charge < -0.3 is 9.64 Å². The van der Waals surface area contributed by atoms with Crippen LogP contribution < -0.4 is 9.64 Å². The number of benzene rings is 2. The van der Waals surface area contributed by atoms with E-state index >= 15 is 0 Å². The number of carbonyl (C=O) groups excluding carboxylic acids is 1. The highest BCUT2D eigenvalue weighted by Gasteiger charge is 2.31. The van der Waals surface area contributed by atoms with Gasteiger partial charge in [0.2, 0.25) is 0 Å². The number of nitrogens with zero attached hydrogens (tertiary/aromatic N) is 1. The fourth-order valence-corrected chi connectivity index (χ4v) is 3.26. The van der Waals surface area contributed by atoms with Crippen LogP contribution in [0.4, 0.5) is 5.69 Å². The number of halogens is 2. The van der Waals surface area contributed by atoms with Gasteiger partial charge >= 0.3 is 0 Å². The SMILES string of the molecule is CC1Cc2cc(Br)ccc2N1C(=O)COc1ccc(Cl)cc1. The second-order valence-electron chi connectivity index (χ2n) is 5.33. The third-order valence-corrected chi connectivity index (χ3v) is 4.45. The molecule has 1 heterocycles. The summed E-state index contributed by atoms with van der Waals surface area (Å²) in [7, 11) is 0. The second kappa shape index (κ2) is 6.31. The molecule has 2 aromatic carbocycles. The monoisotopic (exact) mass is 379 g/mol. The number of hydrogen-bond donors (Lipinski definition) is 0. The van der Waals surface area contributed by atoms with Gasteiger partial charge in [-0.1, -0.05) is 27.5 Å². The number of fused-ring (bicyclic) bond motifs is 1. The molecule has 0 saturated carbocycles. The van der Waals surface area contributed by atoms with Crippen molar-refractivity contribution in [2.45, 2.75) is 19.4 Å². The molecule has 1 unspecified atom stereocenters. The predicted octanol–water partition coefficient (Wildman–Crippen LogP) is 4.46. The topological polar surface area (TPSA) is 29.5 Å². The molecule has 0 saturated heterocycles. The summed E-state index contributed by atoms with van der Waals surface area (Å²) in [5.41, 5.74) is 2.15. The average Bonchev–Trinajstić information content (AvgIpc) is 2.81. The number of carbonyl (C=O) groups is 1. The summed E-state index contributed by atoms with van der Waals surface area (Å²) < 4.78 is 6.60. The molecule has 1 aliphatic heterocycles. The van der Waals surface area contributed by atoms with E-state index in [0.29, 0.717) is 10.8 Å². The molecule has 0 aromatic heterocycles. The molecule has 3 nitrogen and oxygen atoms in total. The van der Waals surface area contributed by atoms with Gasteiger partial charge in [0, 0.05) is 21.2 Å². The minimum absolute atomic E-state index is 0.0154. The molecule has 1 aliphatic rings. The maximum absolute atomic E-state index is 12.5. The Morgan fingerprint density at radius 1 is 1.32 bits per heavy atom. The first-order valence-electron chi connectivity index (χ1n) is 7.03. The van der Waals surface area contributed by atoms with Crippen molar-refractivity contribution in [1.82, 2.24) is 0 Å². The zero-order chi connectivity index (χ0) is 15.7. The summed E-state index contributed by atoms with van der Waals surface area (Å²) >= 11 is 9.30. The molecule has 1 atom stereocenters. The highest BCUT2D eigenvalue weighted by Crippen LogP contribution is 2.34. The van der Waals surface area contributed by atoms with Crippen molar-refractivity contribution in [2.75, 3.05) is 11.5 Å². The van der Waals surface area contributed by atoms with Gasteiger partial charge in [0.15, 0.2) is 6.61 Å². The van der Waals surface area contributed by atoms with Crippen molar-refractivity contribution in [3.8, 4) is 5.75 Å². The lowest BCUT2D eigenvalue weighted by atomic mass is 10.1. The molecule has 3 rings (SSSR count). The van der Waals surface area contributed by atoms with Crippen LogP contribution in [0.25, 0.3) is 0 Å². The predicted molar refractivity (Wildman–Crippen MR) is 91.7 cm³/mol. The van der Waals surface area contributed by atoms with Crippen LogP contribution in [-0.2, 0) is 11.2 Å². The van der Waals surface area contributed by atoms with Crippen molar-refractivity contribution in [1.29, 1.82) is 0 Å². The lowest BCUT2D eigenvalue weighted by Gasteiger charge is -2.22. The van der Waals surface area contributed by atoms with Crippen LogP contribution in [0.5, 0.6) is 5.75 Å². The van der Waals surface area contributed by atoms with Gasteiger partial charge in [-0.05, 0) is 61.4 Å². The van der Waals surface area contributed by atoms with E-state index in [0.717, 1.165) is 16.6 Å². The molecular weight excluding hydrogens is 366 g/mol. The summed E-state index contributed by atoms with van der Waals surface area (Å²) in [6.45, 7) is 2.07. The standard InChI is InChI=1S/C17H15BrClNO2/c1-11-8-12-9-13(18)2-7-16(12)20(11)17(21)10-22-15-5-3-14(19)4-6-15/h2-7,9,11H,8,10H2,1H3. The zero-order valence-electron chi connectivity index (χ0n) is 12.1. The Labute approximate surface area is 143 Å². The van der Waals surface area contributed by atoms with Gasteiger partial charge in [-0.25, -0.2) is 0 Å². The van der Waals surface area contributed by atoms with Gasteiger partial charge in [-0.2, -0.15) is 0 Å². The Morgan fingerprint density at radius 2 is 2.05 bits per heavy atom. The van der Waals surface area contributed by atoms with Crippen molar-refractivity contribution in [3.05, 3.63) is 57.5 Å². The highest BCUT2D eigenvalue weighted by atomic mass is 79.9. The molecular formula is C17H15BrClNO2. The minimum Gasteiger partial charge on any atom is -0.484 e. The largest absolute Gasteiger partial charge is 0.484 e. The number of rotatable bonds is 3. The van der Waals surface area contributed by atoms with Crippen molar-refractivity contribution >= 4 is 39.1 Å². The van der Waals surface area contributed by atoms with E-state index in [-0.39, 0.29) is 18.6 Å². The number of ether oxygens (including phenoxy) is 1. The third-order valence-electron chi connectivity index (χ3n) is 3.70. The summed E-state index contributed by atoms with van der Waals surface area (Å²) in [5.74, 6) is 0.601. The van der Waals surface area contributed by atoms with Crippen LogP contribution in [0, 0.1) is 0 Å². The third kappa shape index (κ3) is 3.13. The molecule has 0 spiro atoms. The summed E-state index contributed by atoms with van der Waals surface area (Å²) in [5, 5.41) is 0.645. The molecule has 0 fully saturated rings. The van der Waals surface area contributed by atoms with Crippen molar-refractivity contribution in [2.24, 2.45) is 0 Å². The van der Waals surface area contributed by atoms with Crippen LogP contribution in [0.1, 0.15) is 12.5 Å². The Hall–Kier alpha value is -1.52. The van der Waals surface area contributed by atoms with E-state index in [1.807, 2.05) is 24.0 Å². The van der Waals surface area contributed by atoms with E-state index in [2.05, 4.69) is 22.0 Å². The van der Waals surface area contributed by atoms with Crippen molar-refractivity contribution < 1.29 is 9.53 Å². The van der Waals surface area contributed by atoms with E-state index in [1.54, 1.807) is 24.3 Å². The van der Waals surface area contributed by atoms with Crippen LogP contribution in [0.15, 0.2) is 46.9 Å². The number of anilines is 1. The lowest BCUT2D eigenvalue weighted by Crippen LogP contribution is -2.39. The maximum atomic E-state index is 12.5. The molecule has 1 amide bonds. The molecule has 0 N–H and O–H groups in total. The van der Waals surface area contributed by atoms with E-state index in [4.69, 9.17) is 16.3 Å². The first kappa shape index (κ1) is 15.4. The van der Waals surface area contributed by atoms with E-state index in [1.165, 1.54) is 5.56 Å². The summed E-state index contributed by atoms with van der Waals surface area (Å²) in [6, 6.07) is 13.1. The van der Waals surface area contributed by atoms with Gasteiger partial charge in [-0.3, -0.25) is 4.79 Å². The Balaban J connectivity index is 1.71. The number of amides is 1. The smallest absolute Gasteiger partial charge is 0.265 e. The Kier molecular flexibility index (Phi) is 4.41. The maximum Gasteiger partial charge on any atom is 0.265 e. The highest BCUT2D eigenvalue weighted by molar-refractivity contribution is 9.10. The minimum atomic E-state index is -0.0384. The van der Waals surface area contributed by atoms with Gasteiger partial charge in [0.05, 0.1) is 0 Å². The van der Waals surface area contributed by atoms with Crippen LogP contribution >= 0.6 is 27.5 Å². The fourth-order valence-electron chi connectivity index (χ4n) is 2.73. The summed E-state index contributed by atoms with van der Waals surface area (Å²) in [6.07, 6.45) is 0.863. The molecule has 0 aliphatic carbocycles. The lowest BCUT2D eigenvalue weighted by molar-refractivity contribution is -0.120. The average molecular weight is 381 g/mol. The van der Waals surface area contributed by atoms with Gasteiger partial charge in [0.25, 0.3) is 5.91 Å². The van der Waals surface area contributed by atoms with Crippen LogP contribution in [0.3, 0.4) is 0 Å².